The van der Waals surface area contributed by atoms with E-state index in [2.05, 4.69) is 20.4 Å². The van der Waals surface area contributed by atoms with E-state index in [0.717, 1.165) is 5.56 Å². The van der Waals surface area contributed by atoms with Gasteiger partial charge in [0.25, 0.3) is 0 Å². The first-order valence-corrected chi connectivity index (χ1v) is 11.0. The number of carbonyl (C=O) groups is 1. The first kappa shape index (κ1) is 22.4. The molecule has 0 atom stereocenters. The van der Waals surface area contributed by atoms with Gasteiger partial charge >= 0.3 is 5.76 Å². The molecule has 0 spiro atoms. The molecule has 0 aliphatic heterocycles. The Kier molecular flexibility index (Phi) is 6.96. The Morgan fingerprint density at radius 1 is 1.18 bits per heavy atom. The number of oxime groups is 1. The minimum atomic E-state index is -0.727. The minimum Gasteiger partial charge on any atom is -0.389 e. The van der Waals surface area contributed by atoms with E-state index in [4.69, 9.17) is 21.0 Å². The van der Waals surface area contributed by atoms with Crippen LogP contribution in [0.3, 0.4) is 0 Å². The summed E-state index contributed by atoms with van der Waals surface area (Å²) in [6.07, 6.45) is 0.212. The van der Waals surface area contributed by atoms with Gasteiger partial charge in [-0.05, 0) is 17.7 Å². The molecule has 1 amide bonds. The SMILES string of the molecule is Cn1oc(=O)nc1C(=NOCc1csc(NC(=O)Cc2ccc(Cl)cc2)n1)c1ccccc1. The number of amides is 1. The maximum absolute atomic E-state index is 12.3. The molecule has 4 rings (SSSR count). The van der Waals surface area contributed by atoms with Gasteiger partial charge in [0.05, 0.1) is 12.1 Å². The highest BCUT2D eigenvalue weighted by Crippen LogP contribution is 2.18. The van der Waals surface area contributed by atoms with Crippen molar-refractivity contribution in [2.24, 2.45) is 12.2 Å². The van der Waals surface area contributed by atoms with Gasteiger partial charge in [0.1, 0.15) is 0 Å². The third-order valence-corrected chi connectivity index (χ3v) is 5.47. The number of aromatic nitrogens is 3. The van der Waals surface area contributed by atoms with E-state index in [1.54, 1.807) is 36.7 Å². The summed E-state index contributed by atoms with van der Waals surface area (Å²) in [5, 5.41) is 9.78. The average molecular weight is 484 g/mol. The van der Waals surface area contributed by atoms with E-state index >= 15 is 0 Å². The summed E-state index contributed by atoms with van der Waals surface area (Å²) < 4.78 is 6.16. The maximum Gasteiger partial charge on any atom is 0.460 e. The number of hydrogen-bond acceptors (Lipinski definition) is 8. The molecular weight excluding hydrogens is 466 g/mol. The summed E-state index contributed by atoms with van der Waals surface area (Å²) in [5.74, 6) is -0.676. The Balaban J connectivity index is 1.41. The Morgan fingerprint density at radius 3 is 2.64 bits per heavy atom. The van der Waals surface area contributed by atoms with Crippen LogP contribution in [0.1, 0.15) is 22.6 Å². The standard InChI is InChI=1S/C22H18ClN5O4S/c1-28-20(26-22(30)32-28)19(15-5-3-2-4-6-15)27-31-12-17-13-33-21(24-17)25-18(29)11-14-7-9-16(23)10-8-14/h2-10,13H,11-12H2,1H3,(H,24,25,29). The number of nitrogens with one attached hydrogen (secondary N) is 1. The fourth-order valence-electron chi connectivity index (χ4n) is 2.90. The summed E-state index contributed by atoms with van der Waals surface area (Å²) in [6, 6.07) is 16.3. The number of nitrogens with zero attached hydrogens (tertiary/aromatic N) is 4. The maximum atomic E-state index is 12.3. The van der Waals surface area contributed by atoms with E-state index in [1.807, 2.05) is 30.3 Å². The third-order valence-electron chi connectivity index (χ3n) is 4.41. The van der Waals surface area contributed by atoms with Crippen LogP contribution in [0.25, 0.3) is 0 Å². The topological polar surface area (TPSA) is 112 Å². The molecular formula is C22H18ClN5O4S. The lowest BCUT2D eigenvalue weighted by Crippen LogP contribution is -2.14. The summed E-state index contributed by atoms with van der Waals surface area (Å²) in [5.41, 5.74) is 2.49. The highest BCUT2D eigenvalue weighted by molar-refractivity contribution is 7.13. The van der Waals surface area contributed by atoms with Gasteiger partial charge in [0.15, 0.2) is 23.3 Å². The molecule has 0 aliphatic carbocycles. The van der Waals surface area contributed by atoms with Crippen molar-refractivity contribution in [3.05, 3.63) is 98.2 Å². The van der Waals surface area contributed by atoms with Crippen LogP contribution in [0.5, 0.6) is 0 Å². The normalized spacial score (nSPS) is 11.4. The zero-order valence-corrected chi connectivity index (χ0v) is 19.0. The minimum absolute atomic E-state index is 0.0612. The predicted octanol–water partition coefficient (Wildman–Crippen LogP) is 3.63. The van der Waals surface area contributed by atoms with Gasteiger partial charge in [-0.2, -0.15) is 9.72 Å². The van der Waals surface area contributed by atoms with E-state index in [-0.39, 0.29) is 24.8 Å². The van der Waals surface area contributed by atoms with Gasteiger partial charge < -0.3 is 14.7 Å². The molecule has 2 heterocycles. The van der Waals surface area contributed by atoms with Gasteiger partial charge in [-0.3, -0.25) is 4.79 Å². The number of hydrogen-bond donors (Lipinski definition) is 1. The number of halogens is 1. The highest BCUT2D eigenvalue weighted by atomic mass is 35.5. The Labute approximate surface area is 197 Å². The number of carbonyl (C=O) groups excluding carboxylic acids is 1. The van der Waals surface area contributed by atoms with Crippen LogP contribution < -0.4 is 11.1 Å². The van der Waals surface area contributed by atoms with Gasteiger partial charge in [0.2, 0.25) is 5.91 Å². The van der Waals surface area contributed by atoms with Crippen molar-refractivity contribution < 1.29 is 14.2 Å². The fraction of sp³-hybridized carbons (Fsp3) is 0.136. The van der Waals surface area contributed by atoms with Crippen molar-refractivity contribution in [2.75, 3.05) is 5.32 Å². The van der Waals surface area contributed by atoms with Crippen LogP contribution in [0.2, 0.25) is 5.02 Å². The van der Waals surface area contributed by atoms with Crippen molar-refractivity contribution in [1.29, 1.82) is 0 Å². The Morgan fingerprint density at radius 2 is 1.94 bits per heavy atom. The zero-order chi connectivity index (χ0) is 23.2. The summed E-state index contributed by atoms with van der Waals surface area (Å²) in [6.45, 7) is 0.0612. The molecule has 1 N–H and O–H groups in total. The third kappa shape index (κ3) is 5.93. The summed E-state index contributed by atoms with van der Waals surface area (Å²) in [4.78, 5) is 37.5. The molecule has 0 fully saturated rings. The second-order valence-electron chi connectivity index (χ2n) is 6.86. The molecule has 33 heavy (non-hydrogen) atoms. The van der Waals surface area contributed by atoms with E-state index in [1.165, 1.54) is 16.1 Å². The van der Waals surface area contributed by atoms with Crippen LogP contribution in [0, 0.1) is 0 Å². The fourth-order valence-corrected chi connectivity index (χ4v) is 3.74. The van der Waals surface area contributed by atoms with Crippen LogP contribution in [-0.4, -0.2) is 26.3 Å². The van der Waals surface area contributed by atoms with Crippen molar-refractivity contribution >= 4 is 39.7 Å². The Hall–Kier alpha value is -3.76. The Bertz CT molecular complexity index is 1330. The molecule has 4 aromatic rings. The molecule has 9 nitrogen and oxygen atoms in total. The number of thiazole rings is 1. The van der Waals surface area contributed by atoms with Crippen molar-refractivity contribution in [1.82, 2.24) is 14.7 Å². The van der Waals surface area contributed by atoms with Crippen LogP contribution in [-0.2, 0) is 29.7 Å². The predicted molar refractivity (Wildman–Crippen MR) is 125 cm³/mol. The van der Waals surface area contributed by atoms with Gasteiger partial charge in [0, 0.05) is 23.0 Å². The van der Waals surface area contributed by atoms with Crippen LogP contribution in [0.15, 0.2) is 74.5 Å². The first-order valence-electron chi connectivity index (χ1n) is 9.77. The molecule has 2 aromatic heterocycles. The number of rotatable bonds is 8. The molecule has 0 radical (unpaired) electrons. The van der Waals surface area contributed by atoms with Gasteiger partial charge in [-0.15, -0.1) is 11.3 Å². The van der Waals surface area contributed by atoms with E-state index in [0.29, 0.717) is 27.1 Å². The molecule has 0 saturated carbocycles. The van der Waals surface area contributed by atoms with E-state index < -0.39 is 5.76 Å². The van der Waals surface area contributed by atoms with Gasteiger partial charge in [-0.25, -0.2) is 9.78 Å². The highest BCUT2D eigenvalue weighted by Gasteiger charge is 2.16. The lowest BCUT2D eigenvalue weighted by Gasteiger charge is -2.05. The van der Waals surface area contributed by atoms with Gasteiger partial charge in [-0.1, -0.05) is 59.2 Å². The molecule has 0 bridgehead atoms. The lowest BCUT2D eigenvalue weighted by molar-refractivity contribution is -0.115. The molecule has 168 valence electrons. The quantitative estimate of drug-likeness (QED) is 0.302. The molecule has 2 aromatic carbocycles. The van der Waals surface area contributed by atoms with Crippen LogP contribution in [0.4, 0.5) is 5.13 Å². The first-order chi connectivity index (χ1) is 16.0. The smallest absolute Gasteiger partial charge is 0.389 e. The summed E-state index contributed by atoms with van der Waals surface area (Å²) in [7, 11) is 1.56. The largest absolute Gasteiger partial charge is 0.460 e. The number of benzene rings is 2. The molecule has 0 saturated heterocycles. The molecule has 11 heteroatoms. The monoisotopic (exact) mass is 483 g/mol. The van der Waals surface area contributed by atoms with E-state index in [9.17, 15) is 9.59 Å². The molecule has 0 aliphatic rings. The zero-order valence-electron chi connectivity index (χ0n) is 17.4. The molecule has 0 unspecified atom stereocenters. The number of aryl methyl sites for hydroxylation is 1. The average Bonchev–Trinajstić information content (AvgIpc) is 3.38. The number of anilines is 1. The second-order valence-corrected chi connectivity index (χ2v) is 8.16. The summed E-state index contributed by atoms with van der Waals surface area (Å²) >= 11 is 7.15. The van der Waals surface area contributed by atoms with Crippen molar-refractivity contribution in [3.8, 4) is 0 Å². The van der Waals surface area contributed by atoms with Crippen molar-refractivity contribution in [3.63, 3.8) is 0 Å². The van der Waals surface area contributed by atoms with Crippen LogP contribution >= 0.6 is 22.9 Å². The second kappa shape index (κ2) is 10.2. The lowest BCUT2D eigenvalue weighted by atomic mass is 10.1. The van der Waals surface area contributed by atoms with Crippen molar-refractivity contribution in [2.45, 2.75) is 13.0 Å².